The first-order valence-electron chi connectivity index (χ1n) is 6.00. The minimum absolute atomic E-state index is 0.0406. The molecule has 0 radical (unpaired) electrons. The second kappa shape index (κ2) is 7.07. The summed E-state index contributed by atoms with van der Waals surface area (Å²) in [6.45, 7) is 2.53. The van der Waals surface area contributed by atoms with Gasteiger partial charge in [0.05, 0.1) is 0 Å². The molecule has 0 atom stereocenters. The minimum Gasteiger partial charge on any atom is -0.504 e. The molecule has 3 N–H and O–H groups in total. The molecule has 0 saturated heterocycles. The number of carbonyl (C=O) groups is 1. The van der Waals surface area contributed by atoms with E-state index in [2.05, 4.69) is 5.32 Å². The molecule has 5 heteroatoms. The Bertz CT molecular complexity index is 530. The van der Waals surface area contributed by atoms with Crippen LogP contribution in [0.1, 0.15) is 25.3 Å². The van der Waals surface area contributed by atoms with Crippen LogP contribution in [0, 0.1) is 11.3 Å². The summed E-state index contributed by atoms with van der Waals surface area (Å²) in [7, 11) is 0. The summed E-state index contributed by atoms with van der Waals surface area (Å²) in [4.78, 5) is 11.7. The van der Waals surface area contributed by atoms with Gasteiger partial charge < -0.3 is 15.5 Å². The van der Waals surface area contributed by atoms with E-state index in [0.717, 1.165) is 12.8 Å². The van der Waals surface area contributed by atoms with Gasteiger partial charge in [-0.15, -0.1) is 0 Å². The average molecular weight is 260 g/mol. The van der Waals surface area contributed by atoms with Crippen LogP contribution in [0.15, 0.2) is 23.8 Å². The molecule has 0 heterocycles. The highest BCUT2D eigenvalue weighted by Gasteiger charge is 2.08. The Balaban J connectivity index is 2.84. The number of phenols is 2. The van der Waals surface area contributed by atoms with Crippen molar-refractivity contribution >= 4 is 12.0 Å². The first-order chi connectivity index (χ1) is 9.08. The van der Waals surface area contributed by atoms with Crippen molar-refractivity contribution in [3.63, 3.8) is 0 Å². The van der Waals surface area contributed by atoms with Crippen molar-refractivity contribution in [1.82, 2.24) is 5.32 Å². The predicted octanol–water partition coefficient (Wildman–Crippen LogP) is 1.92. The number of aromatic hydroxyl groups is 2. The maximum Gasteiger partial charge on any atom is 0.261 e. The lowest BCUT2D eigenvalue weighted by molar-refractivity contribution is -0.117. The Morgan fingerprint density at radius 2 is 2.16 bits per heavy atom. The van der Waals surface area contributed by atoms with Gasteiger partial charge in [-0.2, -0.15) is 5.26 Å². The molecule has 1 aromatic rings. The van der Waals surface area contributed by atoms with E-state index in [9.17, 15) is 15.0 Å². The summed E-state index contributed by atoms with van der Waals surface area (Å²) in [6.07, 6.45) is 3.17. The van der Waals surface area contributed by atoms with Crippen molar-refractivity contribution in [3.8, 4) is 17.6 Å². The van der Waals surface area contributed by atoms with Gasteiger partial charge in [-0.25, -0.2) is 0 Å². The lowest BCUT2D eigenvalue weighted by atomic mass is 10.1. The zero-order chi connectivity index (χ0) is 14.3. The third-order valence-electron chi connectivity index (χ3n) is 2.49. The maximum absolute atomic E-state index is 11.7. The average Bonchev–Trinajstić information content (AvgIpc) is 2.40. The number of rotatable bonds is 5. The van der Waals surface area contributed by atoms with Gasteiger partial charge in [-0.05, 0) is 30.2 Å². The van der Waals surface area contributed by atoms with Gasteiger partial charge in [-0.3, -0.25) is 4.79 Å². The van der Waals surface area contributed by atoms with E-state index in [1.165, 1.54) is 24.3 Å². The molecule has 0 aliphatic rings. The van der Waals surface area contributed by atoms with E-state index in [0.29, 0.717) is 12.1 Å². The second-order valence-corrected chi connectivity index (χ2v) is 4.03. The topological polar surface area (TPSA) is 93.4 Å². The summed E-state index contributed by atoms with van der Waals surface area (Å²) in [6, 6.07) is 5.90. The van der Waals surface area contributed by atoms with Crippen molar-refractivity contribution in [2.45, 2.75) is 19.8 Å². The van der Waals surface area contributed by atoms with Gasteiger partial charge in [0.2, 0.25) is 0 Å². The van der Waals surface area contributed by atoms with Gasteiger partial charge in [0.25, 0.3) is 5.91 Å². The van der Waals surface area contributed by atoms with E-state index in [1.807, 2.05) is 13.0 Å². The van der Waals surface area contributed by atoms with E-state index >= 15 is 0 Å². The highest BCUT2D eigenvalue weighted by molar-refractivity contribution is 6.01. The third kappa shape index (κ3) is 4.36. The Labute approximate surface area is 111 Å². The molecule has 5 nitrogen and oxygen atoms in total. The molecule has 1 amide bonds. The molecular weight excluding hydrogens is 244 g/mol. The highest BCUT2D eigenvalue weighted by atomic mass is 16.3. The smallest absolute Gasteiger partial charge is 0.261 e. The molecule has 0 bridgehead atoms. The Hall–Kier alpha value is -2.48. The summed E-state index contributed by atoms with van der Waals surface area (Å²) in [5.74, 6) is -0.982. The van der Waals surface area contributed by atoms with Gasteiger partial charge in [-0.1, -0.05) is 19.4 Å². The highest BCUT2D eigenvalue weighted by Crippen LogP contribution is 2.25. The Morgan fingerprint density at radius 3 is 2.74 bits per heavy atom. The van der Waals surface area contributed by atoms with Crippen LogP contribution in [-0.2, 0) is 4.79 Å². The molecule has 1 rings (SSSR count). The number of benzene rings is 1. The summed E-state index contributed by atoms with van der Waals surface area (Å²) < 4.78 is 0. The first kappa shape index (κ1) is 14.6. The van der Waals surface area contributed by atoms with Gasteiger partial charge in [0, 0.05) is 6.54 Å². The van der Waals surface area contributed by atoms with E-state index in [4.69, 9.17) is 5.26 Å². The number of carbonyl (C=O) groups excluding carboxylic acids is 1. The lowest BCUT2D eigenvalue weighted by Gasteiger charge is -2.03. The van der Waals surface area contributed by atoms with Gasteiger partial charge in [0.15, 0.2) is 11.5 Å². The van der Waals surface area contributed by atoms with Crippen LogP contribution in [-0.4, -0.2) is 22.7 Å². The van der Waals surface area contributed by atoms with Crippen LogP contribution >= 0.6 is 0 Å². The number of hydrogen-bond donors (Lipinski definition) is 3. The lowest BCUT2D eigenvalue weighted by Crippen LogP contribution is -2.25. The normalized spacial score (nSPS) is 10.8. The minimum atomic E-state index is -0.441. The summed E-state index contributed by atoms with van der Waals surface area (Å²) in [5, 5.41) is 30.1. The molecule has 0 aromatic heterocycles. The summed E-state index contributed by atoms with van der Waals surface area (Å²) in [5.41, 5.74) is 0.429. The van der Waals surface area contributed by atoms with E-state index in [-0.39, 0.29) is 17.1 Å². The molecule has 1 aromatic carbocycles. The first-order valence-corrected chi connectivity index (χ1v) is 6.00. The number of hydrogen-bond acceptors (Lipinski definition) is 4. The zero-order valence-corrected chi connectivity index (χ0v) is 10.7. The quantitative estimate of drug-likeness (QED) is 0.326. The molecule has 19 heavy (non-hydrogen) atoms. The zero-order valence-electron chi connectivity index (χ0n) is 10.7. The maximum atomic E-state index is 11.7. The van der Waals surface area contributed by atoms with Gasteiger partial charge >= 0.3 is 0 Å². The predicted molar refractivity (Wildman–Crippen MR) is 71.3 cm³/mol. The number of nitrogens with zero attached hydrogens (tertiary/aromatic N) is 1. The fraction of sp³-hybridized carbons (Fsp3) is 0.286. The SMILES string of the molecule is CCCCNC(=O)/C(C#N)=C\c1ccc(O)c(O)c1. The standard InChI is InChI=1S/C14H16N2O3/c1-2-3-6-16-14(19)11(9-15)7-10-4-5-12(17)13(18)8-10/h4-5,7-8,17-18H,2-3,6H2,1H3,(H,16,19)/b11-7-. The van der Waals surface area contributed by atoms with Crippen molar-refractivity contribution in [3.05, 3.63) is 29.3 Å². The number of amides is 1. The van der Waals surface area contributed by atoms with E-state index in [1.54, 1.807) is 0 Å². The van der Waals surface area contributed by atoms with Crippen LogP contribution in [0.4, 0.5) is 0 Å². The van der Waals surface area contributed by atoms with Crippen molar-refractivity contribution in [2.75, 3.05) is 6.54 Å². The molecule has 0 fully saturated rings. The van der Waals surface area contributed by atoms with Crippen LogP contribution in [0.25, 0.3) is 6.08 Å². The molecule has 0 aliphatic carbocycles. The largest absolute Gasteiger partial charge is 0.504 e. The fourth-order valence-electron chi connectivity index (χ4n) is 1.42. The Kier molecular flexibility index (Phi) is 5.42. The third-order valence-corrected chi connectivity index (χ3v) is 2.49. The van der Waals surface area contributed by atoms with Crippen LogP contribution < -0.4 is 5.32 Å². The molecular formula is C14H16N2O3. The second-order valence-electron chi connectivity index (χ2n) is 4.03. The van der Waals surface area contributed by atoms with Crippen LogP contribution in [0.5, 0.6) is 11.5 Å². The van der Waals surface area contributed by atoms with Gasteiger partial charge in [0.1, 0.15) is 11.6 Å². The summed E-state index contributed by atoms with van der Waals surface area (Å²) >= 11 is 0. The van der Waals surface area contributed by atoms with E-state index < -0.39 is 5.91 Å². The Morgan fingerprint density at radius 1 is 1.42 bits per heavy atom. The molecule has 0 spiro atoms. The number of nitrogens with one attached hydrogen (secondary N) is 1. The molecule has 100 valence electrons. The van der Waals surface area contributed by atoms with Crippen LogP contribution in [0.2, 0.25) is 0 Å². The molecule has 0 aliphatic heterocycles. The molecule has 0 saturated carbocycles. The number of phenolic OH excluding ortho intramolecular Hbond substituents is 2. The molecule has 0 unspecified atom stereocenters. The van der Waals surface area contributed by atoms with Crippen molar-refractivity contribution < 1.29 is 15.0 Å². The number of unbranched alkanes of at least 4 members (excludes halogenated alkanes) is 1. The number of nitriles is 1. The fourth-order valence-corrected chi connectivity index (χ4v) is 1.42. The van der Waals surface area contributed by atoms with Crippen molar-refractivity contribution in [1.29, 1.82) is 5.26 Å². The van der Waals surface area contributed by atoms with Crippen LogP contribution in [0.3, 0.4) is 0 Å². The van der Waals surface area contributed by atoms with Crippen molar-refractivity contribution in [2.24, 2.45) is 0 Å². The monoisotopic (exact) mass is 260 g/mol.